The van der Waals surface area contributed by atoms with Crippen molar-refractivity contribution >= 4 is 0 Å². The van der Waals surface area contributed by atoms with Crippen molar-refractivity contribution in [2.45, 2.75) is 51.5 Å². The summed E-state index contributed by atoms with van der Waals surface area (Å²) in [6.07, 6.45) is 8.32. The molecule has 0 spiro atoms. The van der Waals surface area contributed by atoms with Gasteiger partial charge in [-0.05, 0) is 98.8 Å². The smallest absolute Gasteiger partial charge is 0.00954 e. The van der Waals surface area contributed by atoms with E-state index in [4.69, 9.17) is 0 Å². The first-order valence-corrected chi connectivity index (χ1v) is 8.52. The molecule has 0 atom stereocenters. The molecule has 1 rings (SSSR count). The van der Waals surface area contributed by atoms with Crippen molar-refractivity contribution in [1.82, 2.24) is 14.7 Å². The van der Waals surface area contributed by atoms with Gasteiger partial charge in [-0.3, -0.25) is 0 Å². The Bertz CT molecular complexity index is 218. The molecule has 0 bridgehead atoms. The van der Waals surface area contributed by atoms with Crippen LogP contribution in [0.25, 0.3) is 0 Å². The molecule has 0 N–H and O–H groups in total. The molecular formula is C17H37N3. The van der Waals surface area contributed by atoms with Gasteiger partial charge in [0.1, 0.15) is 0 Å². The van der Waals surface area contributed by atoms with Crippen LogP contribution in [0.4, 0.5) is 0 Å². The summed E-state index contributed by atoms with van der Waals surface area (Å²) < 4.78 is 0. The second kappa shape index (κ2) is 9.75. The minimum Gasteiger partial charge on any atom is -0.309 e. The minimum absolute atomic E-state index is 0.857. The van der Waals surface area contributed by atoms with E-state index in [1.807, 2.05) is 0 Å². The van der Waals surface area contributed by atoms with Gasteiger partial charge in [0.25, 0.3) is 0 Å². The molecule has 0 amide bonds. The van der Waals surface area contributed by atoms with Crippen molar-refractivity contribution in [3.05, 3.63) is 0 Å². The third-order valence-corrected chi connectivity index (χ3v) is 4.60. The molecule has 0 aromatic heterocycles. The summed E-state index contributed by atoms with van der Waals surface area (Å²) in [6.45, 7) is 7.41. The molecule has 20 heavy (non-hydrogen) atoms. The molecule has 1 fully saturated rings. The fraction of sp³-hybridized carbons (Fsp3) is 1.00. The van der Waals surface area contributed by atoms with E-state index >= 15 is 0 Å². The molecule has 0 aromatic rings. The summed E-state index contributed by atoms with van der Waals surface area (Å²) in [6, 6.07) is 0.857. The molecule has 0 aromatic carbocycles. The summed E-state index contributed by atoms with van der Waals surface area (Å²) in [5, 5.41) is 0. The highest BCUT2D eigenvalue weighted by molar-refractivity contribution is 4.78. The van der Waals surface area contributed by atoms with E-state index in [1.54, 1.807) is 0 Å². The Kier molecular flexibility index (Phi) is 8.74. The monoisotopic (exact) mass is 283 g/mol. The van der Waals surface area contributed by atoms with Gasteiger partial charge in [-0.2, -0.15) is 0 Å². The number of hydrogen-bond acceptors (Lipinski definition) is 3. The van der Waals surface area contributed by atoms with Crippen molar-refractivity contribution < 1.29 is 0 Å². The number of nitrogens with zero attached hydrogens (tertiary/aromatic N) is 3. The lowest BCUT2D eigenvalue weighted by molar-refractivity contribution is 0.130. The maximum atomic E-state index is 2.79. The quantitative estimate of drug-likeness (QED) is 0.644. The summed E-state index contributed by atoms with van der Waals surface area (Å²) in [7, 11) is 8.72. The highest BCUT2D eigenvalue weighted by Crippen LogP contribution is 2.27. The SMILES string of the molecule is CN(C)CCCN(CCCN(C)C)[C@H]1CC[C@H](C)CC1. The third-order valence-electron chi connectivity index (χ3n) is 4.60. The van der Waals surface area contributed by atoms with Crippen LogP contribution in [-0.2, 0) is 0 Å². The van der Waals surface area contributed by atoms with E-state index in [1.165, 1.54) is 64.7 Å². The summed E-state index contributed by atoms with van der Waals surface area (Å²) in [5.74, 6) is 0.955. The van der Waals surface area contributed by atoms with Crippen LogP contribution in [0.1, 0.15) is 45.4 Å². The third kappa shape index (κ3) is 7.61. The van der Waals surface area contributed by atoms with Crippen molar-refractivity contribution in [2.24, 2.45) is 5.92 Å². The van der Waals surface area contributed by atoms with Crippen LogP contribution < -0.4 is 0 Å². The average molecular weight is 284 g/mol. The van der Waals surface area contributed by atoms with Gasteiger partial charge in [0, 0.05) is 6.04 Å². The van der Waals surface area contributed by atoms with Gasteiger partial charge in [-0.1, -0.05) is 6.92 Å². The fourth-order valence-electron chi connectivity index (χ4n) is 3.26. The Morgan fingerprint density at radius 1 is 0.700 bits per heavy atom. The zero-order valence-electron chi connectivity index (χ0n) is 14.6. The van der Waals surface area contributed by atoms with Crippen LogP contribution >= 0.6 is 0 Å². The first-order valence-electron chi connectivity index (χ1n) is 8.52. The predicted octanol–water partition coefficient (Wildman–Crippen LogP) is 2.77. The van der Waals surface area contributed by atoms with E-state index in [9.17, 15) is 0 Å². The maximum Gasteiger partial charge on any atom is 0.00954 e. The molecule has 0 radical (unpaired) electrons. The summed E-state index contributed by atoms with van der Waals surface area (Å²) in [4.78, 5) is 7.40. The zero-order chi connectivity index (χ0) is 15.0. The topological polar surface area (TPSA) is 9.72 Å². The van der Waals surface area contributed by atoms with Gasteiger partial charge in [-0.25, -0.2) is 0 Å². The van der Waals surface area contributed by atoms with E-state index in [0.29, 0.717) is 0 Å². The molecule has 0 saturated heterocycles. The fourth-order valence-corrected chi connectivity index (χ4v) is 3.26. The second-order valence-corrected chi connectivity index (χ2v) is 7.26. The van der Waals surface area contributed by atoms with Crippen LogP contribution in [0.5, 0.6) is 0 Å². The van der Waals surface area contributed by atoms with Crippen LogP contribution in [0.15, 0.2) is 0 Å². The lowest BCUT2D eigenvalue weighted by Gasteiger charge is -2.36. The van der Waals surface area contributed by atoms with Crippen LogP contribution in [-0.4, -0.2) is 75.1 Å². The van der Waals surface area contributed by atoms with E-state index in [0.717, 1.165) is 12.0 Å². The molecule has 0 aliphatic heterocycles. The first kappa shape index (κ1) is 17.9. The second-order valence-electron chi connectivity index (χ2n) is 7.26. The standard InChI is InChI=1S/C17H37N3/c1-16-8-10-17(11-9-16)20(14-6-12-18(2)3)15-7-13-19(4)5/h16-17H,6-15H2,1-5H3/t16-,17-. The van der Waals surface area contributed by atoms with Crippen LogP contribution in [0, 0.1) is 5.92 Å². The molecule has 3 heteroatoms. The van der Waals surface area contributed by atoms with Gasteiger partial charge in [-0.15, -0.1) is 0 Å². The normalized spacial score (nSPS) is 24.0. The summed E-state index contributed by atoms with van der Waals surface area (Å²) in [5.41, 5.74) is 0. The summed E-state index contributed by atoms with van der Waals surface area (Å²) >= 11 is 0. The Morgan fingerprint density at radius 2 is 1.15 bits per heavy atom. The van der Waals surface area contributed by atoms with Crippen molar-refractivity contribution in [2.75, 3.05) is 54.4 Å². The molecule has 0 heterocycles. The van der Waals surface area contributed by atoms with Gasteiger partial charge >= 0.3 is 0 Å². The van der Waals surface area contributed by atoms with Crippen molar-refractivity contribution in [1.29, 1.82) is 0 Å². The number of hydrogen-bond donors (Lipinski definition) is 0. The molecule has 1 aliphatic rings. The Hall–Kier alpha value is -0.120. The van der Waals surface area contributed by atoms with E-state index in [-0.39, 0.29) is 0 Å². The lowest BCUT2D eigenvalue weighted by atomic mass is 9.86. The van der Waals surface area contributed by atoms with Gasteiger partial charge in [0.15, 0.2) is 0 Å². The van der Waals surface area contributed by atoms with E-state index in [2.05, 4.69) is 49.8 Å². The minimum atomic E-state index is 0.857. The largest absolute Gasteiger partial charge is 0.309 e. The Balaban J connectivity index is 2.36. The Morgan fingerprint density at radius 3 is 1.55 bits per heavy atom. The molecular weight excluding hydrogens is 246 g/mol. The number of rotatable bonds is 9. The molecule has 0 unspecified atom stereocenters. The maximum absolute atomic E-state index is 2.79. The highest BCUT2D eigenvalue weighted by Gasteiger charge is 2.23. The molecule has 120 valence electrons. The van der Waals surface area contributed by atoms with Crippen LogP contribution in [0.2, 0.25) is 0 Å². The zero-order valence-corrected chi connectivity index (χ0v) is 14.6. The van der Waals surface area contributed by atoms with Crippen molar-refractivity contribution in [3.8, 4) is 0 Å². The van der Waals surface area contributed by atoms with Gasteiger partial charge in [0.2, 0.25) is 0 Å². The molecule has 1 saturated carbocycles. The lowest BCUT2D eigenvalue weighted by Crippen LogP contribution is -2.40. The van der Waals surface area contributed by atoms with E-state index < -0.39 is 0 Å². The Labute approximate surface area is 127 Å². The predicted molar refractivity (Wildman–Crippen MR) is 89.3 cm³/mol. The highest BCUT2D eigenvalue weighted by atomic mass is 15.2. The first-order chi connectivity index (χ1) is 9.49. The average Bonchev–Trinajstić information content (AvgIpc) is 2.37. The molecule has 1 aliphatic carbocycles. The van der Waals surface area contributed by atoms with Crippen LogP contribution in [0.3, 0.4) is 0 Å². The van der Waals surface area contributed by atoms with Gasteiger partial charge < -0.3 is 14.7 Å². The van der Waals surface area contributed by atoms with Crippen molar-refractivity contribution in [3.63, 3.8) is 0 Å². The molecule has 3 nitrogen and oxygen atoms in total. The van der Waals surface area contributed by atoms with Gasteiger partial charge in [0.05, 0.1) is 0 Å².